The first-order valence-corrected chi connectivity index (χ1v) is 7.38. The Bertz CT molecular complexity index is 703. The lowest BCUT2D eigenvalue weighted by Crippen LogP contribution is -2.22. The molecule has 1 unspecified atom stereocenters. The second kappa shape index (κ2) is 6.16. The molecule has 1 aromatic carbocycles. The number of aromatic nitrogens is 2. The molecule has 2 aromatic rings. The van der Waals surface area contributed by atoms with Crippen LogP contribution in [-0.2, 0) is 7.05 Å². The summed E-state index contributed by atoms with van der Waals surface area (Å²) >= 11 is 15.3. The van der Waals surface area contributed by atoms with Crippen molar-refractivity contribution in [1.29, 1.82) is 0 Å². The Hall–Kier alpha value is -1.04. The van der Waals surface area contributed by atoms with E-state index in [-0.39, 0.29) is 11.6 Å². The molecule has 0 fully saturated rings. The molecule has 2 rings (SSSR count). The number of nitrogens with one attached hydrogen (secondary N) is 1. The van der Waals surface area contributed by atoms with E-state index >= 15 is 0 Å². The van der Waals surface area contributed by atoms with Gasteiger partial charge in [0, 0.05) is 17.1 Å². The third-order valence-corrected chi connectivity index (χ3v) is 4.21. The zero-order valence-electron chi connectivity index (χ0n) is 10.8. The van der Waals surface area contributed by atoms with Gasteiger partial charge >= 0.3 is 0 Å². The molecule has 1 N–H and O–H groups in total. The first-order valence-electron chi connectivity index (χ1n) is 5.83. The second-order valence-corrected chi connectivity index (χ2v) is 5.97. The lowest BCUT2D eigenvalue weighted by Gasteiger charge is -2.18. The third kappa shape index (κ3) is 3.16. The van der Waals surface area contributed by atoms with Crippen molar-refractivity contribution in [3.63, 3.8) is 0 Å². The van der Waals surface area contributed by atoms with Crippen LogP contribution in [0.25, 0.3) is 0 Å². The highest BCUT2D eigenvalue weighted by atomic mass is 79.9. The first kappa shape index (κ1) is 15.4. The van der Waals surface area contributed by atoms with Crippen LogP contribution < -0.4 is 10.9 Å². The van der Waals surface area contributed by atoms with Gasteiger partial charge < -0.3 is 5.32 Å². The van der Waals surface area contributed by atoms with Gasteiger partial charge in [-0.1, -0.05) is 29.3 Å². The molecule has 0 aliphatic rings. The molecule has 4 nitrogen and oxygen atoms in total. The van der Waals surface area contributed by atoms with Gasteiger partial charge in [0.2, 0.25) is 0 Å². The zero-order valence-corrected chi connectivity index (χ0v) is 13.9. The van der Waals surface area contributed by atoms with E-state index in [1.54, 1.807) is 25.4 Å². The maximum Gasteiger partial charge on any atom is 0.282 e. The number of hydrogen-bond acceptors (Lipinski definition) is 3. The van der Waals surface area contributed by atoms with Gasteiger partial charge in [-0.3, -0.25) is 4.79 Å². The lowest BCUT2D eigenvalue weighted by molar-refractivity contribution is 0.701. The maximum atomic E-state index is 11.8. The maximum absolute atomic E-state index is 11.8. The van der Waals surface area contributed by atoms with Crippen LogP contribution in [0, 0.1) is 0 Å². The third-order valence-electron chi connectivity index (χ3n) is 2.88. The molecule has 0 saturated carbocycles. The number of anilines is 1. The Morgan fingerprint density at radius 3 is 2.75 bits per heavy atom. The highest BCUT2D eigenvalue weighted by Gasteiger charge is 2.13. The molecule has 1 atom stereocenters. The Balaban J connectivity index is 2.30. The highest BCUT2D eigenvalue weighted by molar-refractivity contribution is 9.10. The molecule has 1 aromatic heterocycles. The van der Waals surface area contributed by atoms with Gasteiger partial charge in [0.15, 0.2) is 0 Å². The quantitative estimate of drug-likeness (QED) is 0.879. The summed E-state index contributed by atoms with van der Waals surface area (Å²) in [6.07, 6.45) is 1.59. The summed E-state index contributed by atoms with van der Waals surface area (Å²) in [5.41, 5.74) is 1.31. The van der Waals surface area contributed by atoms with E-state index in [9.17, 15) is 4.79 Å². The predicted octanol–water partition coefficient (Wildman–Crippen LogP) is 4.02. The van der Waals surface area contributed by atoms with Crippen LogP contribution in [0.4, 0.5) is 5.69 Å². The molecule has 20 heavy (non-hydrogen) atoms. The average Bonchev–Trinajstić information content (AvgIpc) is 2.39. The lowest BCUT2D eigenvalue weighted by atomic mass is 10.1. The molecular weight excluding hydrogens is 365 g/mol. The van der Waals surface area contributed by atoms with Crippen LogP contribution in [0.5, 0.6) is 0 Å². The van der Waals surface area contributed by atoms with Gasteiger partial charge in [-0.2, -0.15) is 5.10 Å². The van der Waals surface area contributed by atoms with Crippen molar-refractivity contribution in [3.05, 3.63) is 54.8 Å². The van der Waals surface area contributed by atoms with Crippen LogP contribution in [0.1, 0.15) is 18.5 Å². The minimum Gasteiger partial charge on any atom is -0.376 e. The van der Waals surface area contributed by atoms with E-state index < -0.39 is 0 Å². The minimum absolute atomic E-state index is 0.0926. The van der Waals surface area contributed by atoms with Crippen molar-refractivity contribution in [2.24, 2.45) is 7.05 Å². The smallest absolute Gasteiger partial charge is 0.282 e. The van der Waals surface area contributed by atoms with Gasteiger partial charge in [0.25, 0.3) is 5.56 Å². The van der Waals surface area contributed by atoms with Crippen LogP contribution in [0.3, 0.4) is 0 Å². The number of benzene rings is 1. The number of halogens is 3. The van der Waals surface area contributed by atoms with Gasteiger partial charge in [-0.05, 0) is 40.5 Å². The molecule has 0 aliphatic heterocycles. The molecule has 0 bridgehead atoms. The van der Waals surface area contributed by atoms with Crippen molar-refractivity contribution < 1.29 is 0 Å². The summed E-state index contributed by atoms with van der Waals surface area (Å²) in [5.74, 6) is 0. The predicted molar refractivity (Wildman–Crippen MR) is 85.7 cm³/mol. The molecule has 0 radical (unpaired) electrons. The van der Waals surface area contributed by atoms with Crippen molar-refractivity contribution in [2.75, 3.05) is 5.32 Å². The first-order chi connectivity index (χ1) is 9.40. The summed E-state index contributed by atoms with van der Waals surface area (Å²) in [6.45, 7) is 1.94. The molecule has 0 saturated heterocycles. The van der Waals surface area contributed by atoms with Crippen molar-refractivity contribution in [1.82, 2.24) is 9.78 Å². The summed E-state index contributed by atoms with van der Waals surface area (Å²) in [4.78, 5) is 11.8. The van der Waals surface area contributed by atoms with Crippen LogP contribution in [0.2, 0.25) is 10.0 Å². The van der Waals surface area contributed by atoms with E-state index in [2.05, 4.69) is 26.3 Å². The van der Waals surface area contributed by atoms with Crippen molar-refractivity contribution >= 4 is 44.8 Å². The SMILES string of the molecule is CC(Nc1cnn(C)c(=O)c1Br)c1ccc(Cl)cc1Cl. The van der Waals surface area contributed by atoms with E-state index in [4.69, 9.17) is 23.2 Å². The summed E-state index contributed by atoms with van der Waals surface area (Å²) in [7, 11) is 1.59. The van der Waals surface area contributed by atoms with Gasteiger partial charge in [-0.25, -0.2) is 4.68 Å². The van der Waals surface area contributed by atoms with Crippen molar-refractivity contribution in [3.8, 4) is 0 Å². The molecule has 0 amide bonds. The van der Waals surface area contributed by atoms with Crippen LogP contribution in [-0.4, -0.2) is 9.78 Å². The summed E-state index contributed by atoms with van der Waals surface area (Å²) < 4.78 is 1.70. The Morgan fingerprint density at radius 2 is 2.10 bits per heavy atom. The Morgan fingerprint density at radius 1 is 1.40 bits per heavy atom. The van der Waals surface area contributed by atoms with Crippen LogP contribution >= 0.6 is 39.1 Å². The molecule has 106 valence electrons. The van der Waals surface area contributed by atoms with E-state index in [1.165, 1.54) is 4.68 Å². The normalized spacial score (nSPS) is 12.2. The molecule has 7 heteroatoms. The largest absolute Gasteiger partial charge is 0.376 e. The fraction of sp³-hybridized carbons (Fsp3) is 0.231. The van der Waals surface area contributed by atoms with E-state index in [1.807, 2.05) is 13.0 Å². The van der Waals surface area contributed by atoms with E-state index in [0.717, 1.165) is 5.56 Å². The Labute approximate surface area is 134 Å². The standard InChI is InChI=1S/C13H12BrCl2N3O/c1-7(9-4-3-8(15)5-10(9)16)18-11-6-17-19(2)13(20)12(11)14/h3-7,18H,1-2H3. The number of rotatable bonds is 3. The molecule has 0 spiro atoms. The number of aryl methyl sites for hydroxylation is 1. The van der Waals surface area contributed by atoms with Crippen LogP contribution in [0.15, 0.2) is 33.7 Å². The fourth-order valence-corrected chi connectivity index (χ4v) is 2.82. The summed E-state index contributed by atoms with van der Waals surface area (Å²) in [5, 5.41) is 8.34. The van der Waals surface area contributed by atoms with E-state index in [0.29, 0.717) is 20.2 Å². The number of nitrogens with zero attached hydrogens (tertiary/aromatic N) is 2. The zero-order chi connectivity index (χ0) is 14.9. The number of hydrogen-bond donors (Lipinski definition) is 1. The monoisotopic (exact) mass is 375 g/mol. The van der Waals surface area contributed by atoms with Gasteiger partial charge in [0.1, 0.15) is 4.47 Å². The molecule has 0 aliphatic carbocycles. The molecular formula is C13H12BrCl2N3O. The van der Waals surface area contributed by atoms with Gasteiger partial charge in [-0.15, -0.1) is 0 Å². The minimum atomic E-state index is -0.204. The Kier molecular flexibility index (Phi) is 4.73. The molecule has 1 heterocycles. The fourth-order valence-electron chi connectivity index (χ4n) is 1.78. The summed E-state index contributed by atoms with van der Waals surface area (Å²) in [6, 6.07) is 5.22. The van der Waals surface area contributed by atoms with Crippen molar-refractivity contribution in [2.45, 2.75) is 13.0 Å². The average molecular weight is 377 g/mol. The second-order valence-electron chi connectivity index (χ2n) is 4.33. The highest BCUT2D eigenvalue weighted by Crippen LogP contribution is 2.29. The topological polar surface area (TPSA) is 46.9 Å². The van der Waals surface area contributed by atoms with Gasteiger partial charge in [0.05, 0.1) is 17.9 Å².